The minimum Gasteiger partial charge on any atom is -0.497 e. The molecule has 0 saturated heterocycles. The van der Waals surface area contributed by atoms with E-state index in [-0.39, 0.29) is 0 Å². The maximum atomic E-state index is 5.93. The summed E-state index contributed by atoms with van der Waals surface area (Å²) >= 11 is 5.93. The van der Waals surface area contributed by atoms with Crippen LogP contribution in [0.2, 0.25) is 5.02 Å². The van der Waals surface area contributed by atoms with Gasteiger partial charge in [0.2, 0.25) is 0 Å². The minimum atomic E-state index is 0.531. The Hall–Kier alpha value is -0.730. The van der Waals surface area contributed by atoms with E-state index in [9.17, 15) is 0 Å². The topological polar surface area (TPSA) is 18.5 Å². The molecule has 0 aliphatic heterocycles. The third kappa shape index (κ3) is 2.13. The minimum absolute atomic E-state index is 0.531. The standard InChI is InChI=1S/C9H11ClO2/c1-11-6-7-3-4-8(12-2)5-9(7)10/h3-5H,6H2,1-2H3. The van der Waals surface area contributed by atoms with E-state index in [4.69, 9.17) is 21.1 Å². The summed E-state index contributed by atoms with van der Waals surface area (Å²) in [6, 6.07) is 5.53. The highest BCUT2D eigenvalue weighted by Gasteiger charge is 2.00. The molecule has 12 heavy (non-hydrogen) atoms. The van der Waals surface area contributed by atoms with Crippen molar-refractivity contribution in [2.24, 2.45) is 0 Å². The lowest BCUT2D eigenvalue weighted by Crippen LogP contribution is -1.90. The van der Waals surface area contributed by atoms with E-state index in [1.54, 1.807) is 20.3 Å². The lowest BCUT2D eigenvalue weighted by Gasteiger charge is -2.04. The highest BCUT2D eigenvalue weighted by atomic mass is 35.5. The summed E-state index contributed by atoms with van der Waals surface area (Å²) in [5, 5.41) is 0.677. The number of hydrogen-bond donors (Lipinski definition) is 0. The molecule has 0 radical (unpaired) electrons. The van der Waals surface area contributed by atoms with Crippen LogP contribution in [0.15, 0.2) is 18.2 Å². The Kier molecular flexibility index (Phi) is 3.38. The van der Waals surface area contributed by atoms with Crippen molar-refractivity contribution >= 4 is 11.6 Å². The van der Waals surface area contributed by atoms with Gasteiger partial charge in [0.15, 0.2) is 0 Å². The number of benzene rings is 1. The summed E-state index contributed by atoms with van der Waals surface area (Å²) in [6.07, 6.45) is 0. The molecule has 0 amide bonds. The molecule has 0 atom stereocenters. The third-order valence-corrected chi connectivity index (χ3v) is 1.91. The van der Waals surface area contributed by atoms with Gasteiger partial charge in [-0.3, -0.25) is 0 Å². The highest BCUT2D eigenvalue weighted by molar-refractivity contribution is 6.31. The molecule has 0 spiro atoms. The summed E-state index contributed by atoms with van der Waals surface area (Å²) in [5.41, 5.74) is 0.972. The number of halogens is 1. The molecular weight excluding hydrogens is 176 g/mol. The largest absolute Gasteiger partial charge is 0.497 e. The van der Waals surface area contributed by atoms with E-state index >= 15 is 0 Å². The fourth-order valence-electron chi connectivity index (χ4n) is 0.928. The van der Waals surface area contributed by atoms with Crippen LogP contribution >= 0.6 is 11.6 Å². The fourth-order valence-corrected chi connectivity index (χ4v) is 1.15. The Morgan fingerprint density at radius 2 is 2.08 bits per heavy atom. The monoisotopic (exact) mass is 186 g/mol. The zero-order valence-corrected chi connectivity index (χ0v) is 7.89. The lowest BCUT2D eigenvalue weighted by atomic mass is 10.2. The highest BCUT2D eigenvalue weighted by Crippen LogP contribution is 2.22. The molecule has 0 N–H and O–H groups in total. The van der Waals surface area contributed by atoms with Gasteiger partial charge in [0, 0.05) is 12.1 Å². The Labute approximate surface area is 77.1 Å². The predicted molar refractivity (Wildman–Crippen MR) is 48.7 cm³/mol. The van der Waals surface area contributed by atoms with Crippen molar-refractivity contribution in [2.45, 2.75) is 6.61 Å². The van der Waals surface area contributed by atoms with Gasteiger partial charge in [0.05, 0.1) is 13.7 Å². The van der Waals surface area contributed by atoms with Crippen molar-refractivity contribution in [3.63, 3.8) is 0 Å². The van der Waals surface area contributed by atoms with Gasteiger partial charge in [-0.05, 0) is 17.7 Å². The van der Waals surface area contributed by atoms with Crippen LogP contribution in [-0.2, 0) is 11.3 Å². The fraction of sp³-hybridized carbons (Fsp3) is 0.333. The maximum absolute atomic E-state index is 5.93. The molecule has 0 bridgehead atoms. The third-order valence-electron chi connectivity index (χ3n) is 1.56. The first-order valence-electron chi connectivity index (χ1n) is 3.59. The summed E-state index contributed by atoms with van der Waals surface area (Å²) in [6.45, 7) is 0.531. The van der Waals surface area contributed by atoms with Crippen molar-refractivity contribution in [1.29, 1.82) is 0 Å². The zero-order valence-electron chi connectivity index (χ0n) is 7.13. The van der Waals surface area contributed by atoms with Gasteiger partial charge in [-0.1, -0.05) is 17.7 Å². The van der Waals surface area contributed by atoms with E-state index in [2.05, 4.69) is 0 Å². The lowest BCUT2D eigenvalue weighted by molar-refractivity contribution is 0.185. The van der Waals surface area contributed by atoms with E-state index in [1.807, 2.05) is 12.1 Å². The molecule has 66 valence electrons. The first kappa shape index (κ1) is 9.36. The molecular formula is C9H11ClO2. The summed E-state index contributed by atoms with van der Waals surface area (Å²) in [4.78, 5) is 0. The van der Waals surface area contributed by atoms with Gasteiger partial charge in [0.25, 0.3) is 0 Å². The average Bonchev–Trinajstić information content (AvgIpc) is 2.09. The van der Waals surface area contributed by atoms with E-state index in [0.29, 0.717) is 11.6 Å². The van der Waals surface area contributed by atoms with Crippen LogP contribution in [0.1, 0.15) is 5.56 Å². The van der Waals surface area contributed by atoms with E-state index in [0.717, 1.165) is 11.3 Å². The van der Waals surface area contributed by atoms with Crippen molar-refractivity contribution < 1.29 is 9.47 Å². The molecule has 0 heterocycles. The van der Waals surface area contributed by atoms with Gasteiger partial charge in [-0.15, -0.1) is 0 Å². The van der Waals surface area contributed by atoms with Crippen LogP contribution in [0.4, 0.5) is 0 Å². The Bertz CT molecular complexity index is 261. The van der Waals surface area contributed by atoms with Gasteiger partial charge in [-0.2, -0.15) is 0 Å². The maximum Gasteiger partial charge on any atom is 0.120 e. The second-order valence-electron chi connectivity index (χ2n) is 2.39. The Morgan fingerprint density at radius 1 is 1.33 bits per heavy atom. The van der Waals surface area contributed by atoms with Gasteiger partial charge >= 0.3 is 0 Å². The summed E-state index contributed by atoms with van der Waals surface area (Å²) < 4.78 is 9.96. The van der Waals surface area contributed by atoms with Crippen molar-refractivity contribution in [3.8, 4) is 5.75 Å². The Balaban J connectivity index is 2.87. The normalized spacial score (nSPS) is 9.92. The van der Waals surface area contributed by atoms with Crippen LogP contribution in [0.25, 0.3) is 0 Å². The van der Waals surface area contributed by atoms with Gasteiger partial charge in [0.1, 0.15) is 5.75 Å². The second kappa shape index (κ2) is 4.33. The molecule has 0 aliphatic carbocycles. The van der Waals surface area contributed by atoms with Gasteiger partial charge in [-0.25, -0.2) is 0 Å². The molecule has 0 aromatic heterocycles. The first-order valence-corrected chi connectivity index (χ1v) is 3.97. The zero-order chi connectivity index (χ0) is 8.97. The quantitative estimate of drug-likeness (QED) is 0.722. The molecule has 0 unspecified atom stereocenters. The first-order chi connectivity index (χ1) is 5.77. The molecule has 3 heteroatoms. The molecule has 0 aliphatic rings. The van der Waals surface area contributed by atoms with Crippen LogP contribution in [0.5, 0.6) is 5.75 Å². The van der Waals surface area contributed by atoms with Crippen LogP contribution in [-0.4, -0.2) is 14.2 Å². The average molecular weight is 187 g/mol. The van der Waals surface area contributed by atoms with Crippen LogP contribution in [0.3, 0.4) is 0 Å². The van der Waals surface area contributed by atoms with Gasteiger partial charge < -0.3 is 9.47 Å². The summed E-state index contributed by atoms with van der Waals surface area (Å²) in [5.74, 6) is 0.764. The number of hydrogen-bond acceptors (Lipinski definition) is 2. The number of ether oxygens (including phenoxy) is 2. The number of rotatable bonds is 3. The molecule has 0 saturated carbocycles. The molecule has 1 aromatic rings. The smallest absolute Gasteiger partial charge is 0.120 e. The molecule has 1 rings (SSSR count). The molecule has 2 nitrogen and oxygen atoms in total. The van der Waals surface area contributed by atoms with Crippen molar-refractivity contribution in [3.05, 3.63) is 28.8 Å². The Morgan fingerprint density at radius 3 is 2.58 bits per heavy atom. The number of methoxy groups -OCH3 is 2. The second-order valence-corrected chi connectivity index (χ2v) is 2.80. The van der Waals surface area contributed by atoms with E-state index < -0.39 is 0 Å². The van der Waals surface area contributed by atoms with Crippen LogP contribution in [0, 0.1) is 0 Å². The van der Waals surface area contributed by atoms with Crippen molar-refractivity contribution in [2.75, 3.05) is 14.2 Å². The SMILES string of the molecule is COCc1ccc(OC)cc1Cl. The van der Waals surface area contributed by atoms with Crippen LogP contribution < -0.4 is 4.74 Å². The molecule has 1 aromatic carbocycles. The van der Waals surface area contributed by atoms with Crippen molar-refractivity contribution in [1.82, 2.24) is 0 Å². The predicted octanol–water partition coefficient (Wildman–Crippen LogP) is 2.50. The summed E-state index contributed by atoms with van der Waals surface area (Å²) in [7, 11) is 3.25. The molecule has 0 fully saturated rings. The van der Waals surface area contributed by atoms with E-state index in [1.165, 1.54) is 0 Å².